The van der Waals surface area contributed by atoms with Crippen molar-refractivity contribution in [1.82, 2.24) is 4.98 Å². The van der Waals surface area contributed by atoms with Gasteiger partial charge in [0.2, 0.25) is 0 Å². The fourth-order valence-electron chi connectivity index (χ4n) is 0.913. The SMILES string of the molecule is O=Cc1cc(C(F)F)nc(CBr)c1Cl. The monoisotopic (exact) mass is 283 g/mol. The van der Waals surface area contributed by atoms with E-state index in [0.29, 0.717) is 6.29 Å². The molecule has 0 N–H and O–H groups in total. The third-order valence-electron chi connectivity index (χ3n) is 1.55. The lowest BCUT2D eigenvalue weighted by Crippen LogP contribution is -1.99. The van der Waals surface area contributed by atoms with Crippen LogP contribution < -0.4 is 0 Å². The molecular formula is C8H5BrClF2NO. The molecule has 0 spiro atoms. The maximum atomic E-state index is 12.3. The van der Waals surface area contributed by atoms with E-state index in [0.717, 1.165) is 6.07 Å². The summed E-state index contributed by atoms with van der Waals surface area (Å²) in [6.07, 6.45) is -2.27. The first-order chi connectivity index (χ1) is 6.60. The summed E-state index contributed by atoms with van der Waals surface area (Å²) in [5.74, 6) is 0. The number of aldehydes is 1. The zero-order chi connectivity index (χ0) is 10.7. The Morgan fingerprint density at radius 2 is 2.29 bits per heavy atom. The molecule has 0 unspecified atom stereocenters. The van der Waals surface area contributed by atoms with Crippen LogP contribution >= 0.6 is 27.5 Å². The average molecular weight is 284 g/mol. The number of alkyl halides is 3. The molecule has 0 saturated carbocycles. The highest BCUT2D eigenvalue weighted by molar-refractivity contribution is 9.08. The highest BCUT2D eigenvalue weighted by Gasteiger charge is 2.15. The van der Waals surface area contributed by atoms with Crippen LogP contribution in [0.3, 0.4) is 0 Å². The smallest absolute Gasteiger partial charge is 0.280 e. The average Bonchev–Trinajstić information content (AvgIpc) is 2.17. The van der Waals surface area contributed by atoms with Crippen molar-refractivity contribution < 1.29 is 13.6 Å². The standard InChI is InChI=1S/C8H5BrClF2NO/c9-2-6-7(10)4(3-14)1-5(13-6)8(11)12/h1,3,8H,2H2. The first kappa shape index (κ1) is 11.5. The number of halogens is 4. The molecule has 0 radical (unpaired) electrons. The molecule has 0 aliphatic carbocycles. The van der Waals surface area contributed by atoms with E-state index < -0.39 is 12.1 Å². The van der Waals surface area contributed by atoms with Gasteiger partial charge in [-0.15, -0.1) is 0 Å². The normalized spacial score (nSPS) is 10.6. The van der Waals surface area contributed by atoms with E-state index in [1.165, 1.54) is 0 Å². The van der Waals surface area contributed by atoms with Gasteiger partial charge in [-0.05, 0) is 6.07 Å². The lowest BCUT2D eigenvalue weighted by Gasteiger charge is -2.05. The third kappa shape index (κ3) is 2.27. The summed E-state index contributed by atoms with van der Waals surface area (Å²) in [5.41, 5.74) is -0.163. The van der Waals surface area contributed by atoms with Gasteiger partial charge in [-0.1, -0.05) is 27.5 Å². The Bertz CT molecular complexity index is 359. The predicted molar refractivity (Wildman–Crippen MR) is 52.2 cm³/mol. The van der Waals surface area contributed by atoms with Gasteiger partial charge in [-0.2, -0.15) is 0 Å². The maximum absolute atomic E-state index is 12.3. The summed E-state index contributed by atoms with van der Waals surface area (Å²) < 4.78 is 24.6. The summed E-state index contributed by atoms with van der Waals surface area (Å²) in [6, 6.07) is 0.992. The predicted octanol–water partition coefficient (Wildman–Crippen LogP) is 3.38. The van der Waals surface area contributed by atoms with E-state index in [9.17, 15) is 13.6 Å². The Morgan fingerprint density at radius 3 is 2.71 bits per heavy atom. The molecule has 0 bridgehead atoms. The van der Waals surface area contributed by atoms with Crippen LogP contribution in [-0.4, -0.2) is 11.3 Å². The van der Waals surface area contributed by atoms with Gasteiger partial charge < -0.3 is 0 Å². The van der Waals surface area contributed by atoms with Gasteiger partial charge in [0.25, 0.3) is 6.43 Å². The van der Waals surface area contributed by atoms with Crippen molar-refractivity contribution in [3.8, 4) is 0 Å². The van der Waals surface area contributed by atoms with E-state index in [1.807, 2.05) is 0 Å². The van der Waals surface area contributed by atoms with Crippen LogP contribution in [0, 0.1) is 0 Å². The second-order valence-corrected chi connectivity index (χ2v) is 3.39. The molecule has 76 valence electrons. The zero-order valence-electron chi connectivity index (χ0n) is 6.81. The van der Waals surface area contributed by atoms with Gasteiger partial charge in [-0.25, -0.2) is 13.8 Å². The second-order valence-electron chi connectivity index (χ2n) is 2.45. The topological polar surface area (TPSA) is 30.0 Å². The summed E-state index contributed by atoms with van der Waals surface area (Å²) in [6.45, 7) is 0. The van der Waals surface area contributed by atoms with Crippen molar-refractivity contribution in [1.29, 1.82) is 0 Å². The van der Waals surface area contributed by atoms with Gasteiger partial charge in [0.05, 0.1) is 10.7 Å². The van der Waals surface area contributed by atoms with E-state index in [1.54, 1.807) is 0 Å². The lowest BCUT2D eigenvalue weighted by atomic mass is 10.2. The number of hydrogen-bond donors (Lipinski definition) is 0. The fourth-order valence-corrected chi connectivity index (χ4v) is 1.69. The molecule has 14 heavy (non-hydrogen) atoms. The Balaban J connectivity index is 3.31. The summed E-state index contributed by atoms with van der Waals surface area (Å²) in [5, 5.41) is 0.342. The number of pyridine rings is 1. The first-order valence-electron chi connectivity index (χ1n) is 3.58. The maximum Gasteiger partial charge on any atom is 0.280 e. The lowest BCUT2D eigenvalue weighted by molar-refractivity contribution is 0.112. The van der Waals surface area contributed by atoms with Gasteiger partial charge in [-0.3, -0.25) is 4.79 Å². The molecule has 1 heterocycles. The number of nitrogens with zero attached hydrogens (tertiary/aromatic N) is 1. The van der Waals surface area contributed by atoms with Gasteiger partial charge in [0.15, 0.2) is 6.29 Å². The molecular weight excluding hydrogens is 279 g/mol. The molecule has 0 aromatic carbocycles. The fraction of sp³-hybridized carbons (Fsp3) is 0.250. The van der Waals surface area contributed by atoms with E-state index in [2.05, 4.69) is 20.9 Å². The highest BCUT2D eigenvalue weighted by Crippen LogP contribution is 2.25. The molecule has 0 atom stereocenters. The van der Waals surface area contributed by atoms with Crippen LogP contribution in [0.4, 0.5) is 8.78 Å². The summed E-state index contributed by atoms with van der Waals surface area (Å²) in [4.78, 5) is 14.1. The highest BCUT2D eigenvalue weighted by atomic mass is 79.9. The van der Waals surface area contributed by atoms with Crippen molar-refractivity contribution in [3.63, 3.8) is 0 Å². The van der Waals surface area contributed by atoms with E-state index in [4.69, 9.17) is 11.6 Å². The number of aromatic nitrogens is 1. The van der Waals surface area contributed by atoms with Gasteiger partial charge >= 0.3 is 0 Å². The third-order valence-corrected chi connectivity index (χ3v) is 2.52. The Labute approximate surface area is 92.4 Å². The molecule has 0 aliphatic heterocycles. The summed E-state index contributed by atoms with van der Waals surface area (Å²) in [7, 11) is 0. The van der Waals surface area contributed by atoms with Crippen molar-refractivity contribution >= 4 is 33.8 Å². The molecule has 6 heteroatoms. The summed E-state index contributed by atoms with van der Waals surface area (Å²) >= 11 is 8.76. The molecule has 2 nitrogen and oxygen atoms in total. The van der Waals surface area contributed by atoms with E-state index >= 15 is 0 Å². The molecule has 0 saturated heterocycles. The van der Waals surface area contributed by atoms with Crippen molar-refractivity contribution in [3.05, 3.63) is 28.0 Å². The zero-order valence-corrected chi connectivity index (χ0v) is 9.15. The minimum absolute atomic E-state index is 0.0337. The minimum Gasteiger partial charge on any atom is -0.298 e. The molecule has 1 aromatic heterocycles. The van der Waals surface area contributed by atoms with Crippen LogP contribution in [0.15, 0.2) is 6.07 Å². The van der Waals surface area contributed by atoms with Crippen LogP contribution in [-0.2, 0) is 5.33 Å². The van der Waals surface area contributed by atoms with Gasteiger partial charge in [0.1, 0.15) is 5.69 Å². The number of carbonyl (C=O) groups excluding carboxylic acids is 1. The molecule has 1 aromatic rings. The number of hydrogen-bond acceptors (Lipinski definition) is 2. The van der Waals surface area contributed by atoms with Crippen LogP contribution in [0.1, 0.15) is 28.2 Å². The Kier molecular flexibility index (Phi) is 3.95. The van der Waals surface area contributed by atoms with Crippen molar-refractivity contribution in [2.45, 2.75) is 11.8 Å². The second kappa shape index (κ2) is 4.79. The molecule has 1 rings (SSSR count). The Morgan fingerprint density at radius 1 is 1.64 bits per heavy atom. The minimum atomic E-state index is -2.70. The largest absolute Gasteiger partial charge is 0.298 e. The van der Waals surface area contributed by atoms with Crippen LogP contribution in [0.2, 0.25) is 5.02 Å². The Hall–Kier alpha value is -0.550. The van der Waals surface area contributed by atoms with Crippen LogP contribution in [0.25, 0.3) is 0 Å². The van der Waals surface area contributed by atoms with E-state index in [-0.39, 0.29) is 21.6 Å². The van der Waals surface area contributed by atoms with Crippen LogP contribution in [0.5, 0.6) is 0 Å². The quantitative estimate of drug-likeness (QED) is 0.629. The molecule has 0 amide bonds. The molecule has 0 fully saturated rings. The number of rotatable bonds is 3. The molecule has 0 aliphatic rings. The van der Waals surface area contributed by atoms with Crippen molar-refractivity contribution in [2.24, 2.45) is 0 Å². The van der Waals surface area contributed by atoms with Crippen molar-refractivity contribution in [2.75, 3.05) is 0 Å². The number of carbonyl (C=O) groups is 1. The first-order valence-corrected chi connectivity index (χ1v) is 5.08. The van der Waals surface area contributed by atoms with Gasteiger partial charge in [0, 0.05) is 10.9 Å².